The highest BCUT2D eigenvalue weighted by Gasteiger charge is 2.17. The van der Waals surface area contributed by atoms with E-state index in [4.69, 9.17) is 0 Å². The van der Waals surface area contributed by atoms with Crippen LogP contribution in [-0.4, -0.2) is 27.7 Å². The zero-order valence-corrected chi connectivity index (χ0v) is 14.3. The third kappa shape index (κ3) is 4.88. The van der Waals surface area contributed by atoms with Gasteiger partial charge in [0.25, 0.3) is 0 Å². The van der Waals surface area contributed by atoms with Crippen LogP contribution in [0.1, 0.15) is 46.0 Å². The smallest absolute Gasteiger partial charge is 0.223 e. The van der Waals surface area contributed by atoms with Crippen LogP contribution in [-0.2, 0) is 13.1 Å². The van der Waals surface area contributed by atoms with E-state index in [1.165, 1.54) is 6.07 Å². The van der Waals surface area contributed by atoms with E-state index in [2.05, 4.69) is 32.6 Å². The van der Waals surface area contributed by atoms with Gasteiger partial charge in [0.2, 0.25) is 5.43 Å². The van der Waals surface area contributed by atoms with Crippen molar-refractivity contribution in [2.24, 2.45) is 11.8 Å². The van der Waals surface area contributed by atoms with Gasteiger partial charge in [-0.2, -0.15) is 0 Å². The molecule has 0 aliphatic rings. The number of aryl methyl sites for hydroxylation is 1. The lowest BCUT2D eigenvalue weighted by Crippen LogP contribution is -2.33. The molecule has 0 saturated heterocycles. The van der Waals surface area contributed by atoms with Crippen molar-refractivity contribution in [3.05, 3.63) is 27.7 Å². The Bertz CT molecular complexity index is 508. The van der Waals surface area contributed by atoms with Gasteiger partial charge in [0.15, 0.2) is 5.75 Å². The van der Waals surface area contributed by atoms with Gasteiger partial charge >= 0.3 is 0 Å². The standard InChI is InChI=1S/C17H30N2O2/c1-7-19-14(6)8-16(20)17(21)15(19)11-18(9-12(2)3)10-13(4)5/h8,12-13,21H,7,9-11H2,1-6H3. The van der Waals surface area contributed by atoms with Crippen molar-refractivity contribution >= 4 is 0 Å². The fourth-order valence-corrected chi connectivity index (χ4v) is 2.87. The number of rotatable bonds is 7. The monoisotopic (exact) mass is 294 g/mol. The van der Waals surface area contributed by atoms with Crippen LogP contribution in [0.4, 0.5) is 0 Å². The molecular formula is C17H30N2O2. The van der Waals surface area contributed by atoms with Gasteiger partial charge in [0.05, 0.1) is 5.69 Å². The summed E-state index contributed by atoms with van der Waals surface area (Å²) in [6.45, 7) is 16.0. The van der Waals surface area contributed by atoms with Gasteiger partial charge in [-0.25, -0.2) is 0 Å². The molecule has 1 N–H and O–H groups in total. The number of pyridine rings is 1. The van der Waals surface area contributed by atoms with Crippen LogP contribution in [0.5, 0.6) is 5.75 Å². The van der Waals surface area contributed by atoms with Gasteiger partial charge in [-0.15, -0.1) is 0 Å². The van der Waals surface area contributed by atoms with Gasteiger partial charge in [0.1, 0.15) is 0 Å². The molecule has 1 rings (SSSR count). The Hall–Kier alpha value is -1.29. The third-order valence-corrected chi connectivity index (χ3v) is 3.53. The summed E-state index contributed by atoms with van der Waals surface area (Å²) < 4.78 is 2.03. The minimum Gasteiger partial charge on any atom is -0.503 e. The maximum Gasteiger partial charge on any atom is 0.223 e. The lowest BCUT2D eigenvalue weighted by atomic mass is 10.1. The highest BCUT2D eigenvalue weighted by Crippen LogP contribution is 2.18. The normalized spacial score (nSPS) is 11.9. The molecule has 0 saturated carbocycles. The number of hydrogen-bond donors (Lipinski definition) is 1. The SMILES string of the molecule is CCn1c(C)cc(=O)c(O)c1CN(CC(C)C)CC(C)C. The summed E-state index contributed by atoms with van der Waals surface area (Å²) in [5.74, 6) is 1.01. The number of aromatic hydroxyl groups is 1. The Morgan fingerprint density at radius 1 is 1.19 bits per heavy atom. The first-order chi connectivity index (χ1) is 9.76. The predicted octanol–water partition coefficient (Wildman–Crippen LogP) is 3.00. The zero-order chi connectivity index (χ0) is 16.2. The molecule has 120 valence electrons. The molecule has 21 heavy (non-hydrogen) atoms. The maximum absolute atomic E-state index is 11.9. The van der Waals surface area contributed by atoms with Crippen molar-refractivity contribution < 1.29 is 5.11 Å². The van der Waals surface area contributed by atoms with Gasteiger partial charge in [0, 0.05) is 37.9 Å². The largest absolute Gasteiger partial charge is 0.503 e. The second-order valence-electron chi connectivity index (χ2n) is 6.67. The van der Waals surface area contributed by atoms with Crippen molar-refractivity contribution in [1.82, 2.24) is 9.47 Å². The van der Waals surface area contributed by atoms with Gasteiger partial charge < -0.3 is 9.67 Å². The van der Waals surface area contributed by atoms with Crippen molar-refractivity contribution in [2.75, 3.05) is 13.1 Å². The molecule has 0 bridgehead atoms. The molecule has 0 aromatic carbocycles. The van der Waals surface area contributed by atoms with E-state index in [1.54, 1.807) is 0 Å². The Morgan fingerprint density at radius 2 is 1.71 bits per heavy atom. The summed E-state index contributed by atoms with van der Waals surface area (Å²) in [7, 11) is 0. The third-order valence-electron chi connectivity index (χ3n) is 3.53. The Morgan fingerprint density at radius 3 is 2.14 bits per heavy atom. The van der Waals surface area contributed by atoms with E-state index in [0.29, 0.717) is 18.4 Å². The molecule has 1 aromatic rings. The molecule has 0 aliphatic carbocycles. The minimum absolute atomic E-state index is 0.0973. The second kappa shape index (κ2) is 7.64. The highest BCUT2D eigenvalue weighted by atomic mass is 16.3. The molecule has 0 amide bonds. The van der Waals surface area contributed by atoms with Crippen LogP contribution in [0.2, 0.25) is 0 Å². The summed E-state index contributed by atoms with van der Waals surface area (Å²) in [5, 5.41) is 10.2. The lowest BCUT2D eigenvalue weighted by Gasteiger charge is -2.28. The summed E-state index contributed by atoms with van der Waals surface area (Å²) >= 11 is 0. The molecule has 0 radical (unpaired) electrons. The zero-order valence-electron chi connectivity index (χ0n) is 14.3. The number of nitrogens with zero attached hydrogens (tertiary/aromatic N) is 2. The molecular weight excluding hydrogens is 264 g/mol. The van der Waals surface area contributed by atoms with Crippen LogP contribution in [0.15, 0.2) is 10.9 Å². The molecule has 0 atom stereocenters. The molecule has 0 spiro atoms. The fourth-order valence-electron chi connectivity index (χ4n) is 2.87. The molecule has 0 aliphatic heterocycles. The molecule has 4 heteroatoms. The van der Waals surface area contributed by atoms with Gasteiger partial charge in [-0.05, 0) is 25.7 Å². The Kier molecular flexibility index (Phi) is 6.46. The Balaban J connectivity index is 3.15. The maximum atomic E-state index is 11.9. The van der Waals surface area contributed by atoms with E-state index < -0.39 is 0 Å². The quantitative estimate of drug-likeness (QED) is 0.841. The van der Waals surface area contributed by atoms with Crippen LogP contribution in [0.3, 0.4) is 0 Å². The average molecular weight is 294 g/mol. The van der Waals surface area contributed by atoms with E-state index in [9.17, 15) is 9.90 Å². The number of aromatic nitrogens is 1. The Labute approximate surface area is 128 Å². The molecule has 1 aromatic heterocycles. The van der Waals surface area contributed by atoms with Crippen molar-refractivity contribution in [2.45, 2.75) is 54.6 Å². The highest BCUT2D eigenvalue weighted by molar-refractivity contribution is 5.29. The average Bonchev–Trinajstić information content (AvgIpc) is 2.34. The molecule has 1 heterocycles. The van der Waals surface area contributed by atoms with E-state index in [-0.39, 0.29) is 11.2 Å². The fraction of sp³-hybridized carbons (Fsp3) is 0.706. The van der Waals surface area contributed by atoms with Gasteiger partial charge in [-0.3, -0.25) is 9.69 Å². The van der Waals surface area contributed by atoms with Crippen LogP contribution >= 0.6 is 0 Å². The molecule has 0 fully saturated rings. The van der Waals surface area contributed by atoms with E-state index in [1.807, 2.05) is 18.4 Å². The van der Waals surface area contributed by atoms with E-state index >= 15 is 0 Å². The summed E-state index contributed by atoms with van der Waals surface area (Å²) in [6, 6.07) is 1.51. The summed E-state index contributed by atoms with van der Waals surface area (Å²) in [4.78, 5) is 14.2. The lowest BCUT2D eigenvalue weighted by molar-refractivity contribution is 0.203. The first-order valence-corrected chi connectivity index (χ1v) is 7.90. The molecule has 4 nitrogen and oxygen atoms in total. The van der Waals surface area contributed by atoms with Crippen molar-refractivity contribution in [1.29, 1.82) is 0 Å². The summed E-state index contributed by atoms with van der Waals surface area (Å²) in [6.07, 6.45) is 0. The van der Waals surface area contributed by atoms with Crippen molar-refractivity contribution in [3.63, 3.8) is 0 Å². The summed E-state index contributed by atoms with van der Waals surface area (Å²) in [5.41, 5.74) is 1.37. The van der Waals surface area contributed by atoms with Crippen LogP contribution < -0.4 is 5.43 Å². The van der Waals surface area contributed by atoms with E-state index in [0.717, 1.165) is 31.0 Å². The van der Waals surface area contributed by atoms with Crippen molar-refractivity contribution in [3.8, 4) is 5.75 Å². The first kappa shape index (κ1) is 17.8. The van der Waals surface area contributed by atoms with Gasteiger partial charge in [-0.1, -0.05) is 27.7 Å². The first-order valence-electron chi connectivity index (χ1n) is 7.90. The molecule has 0 unspecified atom stereocenters. The number of hydrogen-bond acceptors (Lipinski definition) is 3. The predicted molar refractivity (Wildman–Crippen MR) is 87.7 cm³/mol. The van der Waals surface area contributed by atoms with Crippen LogP contribution in [0, 0.1) is 18.8 Å². The second-order valence-corrected chi connectivity index (χ2v) is 6.67. The topological polar surface area (TPSA) is 45.5 Å². The van der Waals surface area contributed by atoms with Crippen LogP contribution in [0.25, 0.3) is 0 Å². The minimum atomic E-state index is -0.277.